The number of carboxylic acid groups (broad SMARTS) is 1. The number of urea groups is 1. The molecular formula is C12H16N2O5. The Morgan fingerprint density at radius 3 is 2.42 bits per heavy atom. The Labute approximate surface area is 110 Å². The lowest BCUT2D eigenvalue weighted by Gasteiger charge is -2.10. The fourth-order valence-electron chi connectivity index (χ4n) is 1.21. The van der Waals surface area contributed by atoms with Crippen molar-refractivity contribution in [1.82, 2.24) is 5.48 Å². The van der Waals surface area contributed by atoms with E-state index in [9.17, 15) is 9.59 Å². The number of aliphatic carboxylic acids is 1. The topological polar surface area (TPSA) is 96.9 Å². The Kier molecular flexibility index (Phi) is 5.62. The number of hydrogen-bond donors (Lipinski definition) is 3. The van der Waals surface area contributed by atoms with Crippen molar-refractivity contribution in [3.63, 3.8) is 0 Å². The lowest BCUT2D eigenvalue weighted by atomic mass is 10.3. The van der Waals surface area contributed by atoms with Crippen LogP contribution in [0.1, 0.15) is 13.8 Å². The van der Waals surface area contributed by atoms with Crippen LogP contribution in [0.4, 0.5) is 10.5 Å². The summed E-state index contributed by atoms with van der Waals surface area (Å²) in [6.07, 6.45) is 0.0755. The minimum absolute atomic E-state index is 0.0755. The fourth-order valence-corrected chi connectivity index (χ4v) is 1.21. The van der Waals surface area contributed by atoms with Crippen LogP contribution in [0, 0.1) is 0 Å². The predicted molar refractivity (Wildman–Crippen MR) is 67.9 cm³/mol. The lowest BCUT2D eigenvalue weighted by Crippen LogP contribution is -2.30. The molecule has 0 bridgehead atoms. The highest BCUT2D eigenvalue weighted by molar-refractivity contribution is 5.88. The summed E-state index contributed by atoms with van der Waals surface area (Å²) in [5.74, 6) is -0.474. The molecule has 0 saturated carbocycles. The van der Waals surface area contributed by atoms with Crippen LogP contribution in [0.2, 0.25) is 0 Å². The highest BCUT2D eigenvalue weighted by Gasteiger charge is 2.04. The molecule has 1 aromatic rings. The van der Waals surface area contributed by atoms with E-state index >= 15 is 0 Å². The van der Waals surface area contributed by atoms with E-state index in [2.05, 4.69) is 10.2 Å². The number of benzene rings is 1. The van der Waals surface area contributed by atoms with E-state index in [0.717, 1.165) is 0 Å². The maximum atomic E-state index is 11.3. The Morgan fingerprint density at radius 1 is 1.26 bits per heavy atom. The summed E-state index contributed by atoms with van der Waals surface area (Å²) in [5.41, 5.74) is 2.48. The summed E-state index contributed by atoms with van der Waals surface area (Å²) in [6, 6.07) is 6.10. The van der Waals surface area contributed by atoms with Crippen LogP contribution in [-0.4, -0.2) is 29.8 Å². The van der Waals surface area contributed by atoms with Crippen molar-refractivity contribution in [3.05, 3.63) is 24.3 Å². The van der Waals surface area contributed by atoms with E-state index in [1.165, 1.54) is 0 Å². The van der Waals surface area contributed by atoms with E-state index in [-0.39, 0.29) is 6.10 Å². The Morgan fingerprint density at radius 2 is 1.89 bits per heavy atom. The van der Waals surface area contributed by atoms with Gasteiger partial charge in [-0.1, -0.05) is 0 Å². The molecule has 0 aliphatic heterocycles. The SMILES string of the molecule is CC(C)Oc1ccc(NC(=O)NOCC(=O)O)cc1. The van der Waals surface area contributed by atoms with Crippen LogP contribution in [-0.2, 0) is 9.63 Å². The highest BCUT2D eigenvalue weighted by Crippen LogP contribution is 2.16. The lowest BCUT2D eigenvalue weighted by molar-refractivity contribution is -0.143. The zero-order valence-corrected chi connectivity index (χ0v) is 10.7. The molecule has 0 unspecified atom stereocenters. The fraction of sp³-hybridized carbons (Fsp3) is 0.333. The summed E-state index contributed by atoms with van der Waals surface area (Å²) >= 11 is 0. The molecule has 0 atom stereocenters. The van der Waals surface area contributed by atoms with Gasteiger partial charge in [-0.25, -0.2) is 15.1 Å². The number of rotatable bonds is 6. The van der Waals surface area contributed by atoms with Crippen LogP contribution < -0.4 is 15.5 Å². The van der Waals surface area contributed by atoms with Crippen LogP contribution in [0.5, 0.6) is 5.75 Å². The van der Waals surface area contributed by atoms with Crippen LogP contribution in [0.3, 0.4) is 0 Å². The van der Waals surface area contributed by atoms with E-state index in [1.807, 2.05) is 19.3 Å². The average Bonchev–Trinajstić information content (AvgIpc) is 2.30. The minimum atomic E-state index is -1.17. The minimum Gasteiger partial charge on any atom is -0.491 e. The van der Waals surface area contributed by atoms with Gasteiger partial charge in [-0.15, -0.1) is 0 Å². The third-order valence-corrected chi connectivity index (χ3v) is 1.84. The second-order valence-electron chi connectivity index (χ2n) is 3.93. The van der Waals surface area contributed by atoms with Gasteiger partial charge >= 0.3 is 12.0 Å². The molecule has 0 aliphatic rings. The summed E-state index contributed by atoms with van der Waals surface area (Å²) in [5, 5.41) is 10.8. The molecule has 0 fully saturated rings. The van der Waals surface area contributed by atoms with Gasteiger partial charge in [-0.2, -0.15) is 0 Å². The van der Waals surface area contributed by atoms with Gasteiger partial charge in [-0.3, -0.25) is 4.84 Å². The van der Waals surface area contributed by atoms with Crippen molar-refractivity contribution in [1.29, 1.82) is 0 Å². The van der Waals surface area contributed by atoms with Gasteiger partial charge in [0.2, 0.25) is 0 Å². The predicted octanol–water partition coefficient (Wildman–Crippen LogP) is 1.61. The molecule has 0 radical (unpaired) electrons. The van der Waals surface area contributed by atoms with Gasteiger partial charge in [0.05, 0.1) is 6.10 Å². The Bertz CT molecular complexity index is 430. The smallest absolute Gasteiger partial charge is 0.343 e. The summed E-state index contributed by atoms with van der Waals surface area (Å²) < 4.78 is 5.45. The number of ether oxygens (including phenoxy) is 1. The van der Waals surface area contributed by atoms with Crippen molar-refractivity contribution in [3.8, 4) is 5.75 Å². The maximum absolute atomic E-state index is 11.3. The molecule has 3 N–H and O–H groups in total. The van der Waals surface area contributed by atoms with Crippen molar-refractivity contribution in [2.75, 3.05) is 11.9 Å². The standard InChI is InChI=1S/C12H16N2O5/c1-8(2)19-10-5-3-9(4-6-10)13-12(17)14-18-7-11(15)16/h3-6,8H,7H2,1-2H3,(H,15,16)(H2,13,14,17). The Balaban J connectivity index is 2.40. The quantitative estimate of drug-likeness (QED) is 0.681. The maximum Gasteiger partial charge on any atom is 0.343 e. The van der Waals surface area contributed by atoms with Gasteiger partial charge in [0, 0.05) is 5.69 Å². The molecule has 1 rings (SSSR count). The van der Waals surface area contributed by atoms with E-state index in [0.29, 0.717) is 11.4 Å². The number of carbonyl (C=O) groups is 2. The third kappa shape index (κ3) is 6.27. The zero-order chi connectivity index (χ0) is 14.3. The normalized spacial score (nSPS) is 10.1. The number of hydroxylamine groups is 1. The van der Waals surface area contributed by atoms with Crippen molar-refractivity contribution in [2.24, 2.45) is 0 Å². The molecule has 2 amide bonds. The summed E-state index contributed by atoms with van der Waals surface area (Å²) in [4.78, 5) is 25.9. The van der Waals surface area contributed by atoms with E-state index < -0.39 is 18.6 Å². The van der Waals surface area contributed by atoms with Crippen LogP contribution >= 0.6 is 0 Å². The molecule has 7 heteroatoms. The molecular weight excluding hydrogens is 252 g/mol. The second kappa shape index (κ2) is 7.22. The molecule has 0 aliphatic carbocycles. The van der Waals surface area contributed by atoms with E-state index in [4.69, 9.17) is 9.84 Å². The monoisotopic (exact) mass is 268 g/mol. The highest BCUT2D eigenvalue weighted by atomic mass is 16.7. The first kappa shape index (κ1) is 14.8. The van der Waals surface area contributed by atoms with Gasteiger partial charge in [0.1, 0.15) is 5.75 Å². The first-order valence-electron chi connectivity index (χ1n) is 5.64. The zero-order valence-electron chi connectivity index (χ0n) is 10.7. The van der Waals surface area contributed by atoms with E-state index in [1.54, 1.807) is 24.3 Å². The first-order chi connectivity index (χ1) is 8.97. The average molecular weight is 268 g/mol. The second-order valence-corrected chi connectivity index (χ2v) is 3.93. The molecule has 0 heterocycles. The number of hydrogen-bond acceptors (Lipinski definition) is 4. The van der Waals surface area contributed by atoms with Crippen molar-refractivity contribution >= 4 is 17.7 Å². The number of carboxylic acids is 1. The van der Waals surface area contributed by atoms with Crippen LogP contribution in [0.15, 0.2) is 24.3 Å². The van der Waals surface area contributed by atoms with Gasteiger partial charge in [0.25, 0.3) is 0 Å². The molecule has 104 valence electrons. The number of nitrogens with one attached hydrogen (secondary N) is 2. The summed E-state index contributed by atoms with van der Waals surface area (Å²) in [7, 11) is 0. The number of anilines is 1. The van der Waals surface area contributed by atoms with Crippen LogP contribution in [0.25, 0.3) is 0 Å². The number of amides is 2. The molecule has 1 aromatic carbocycles. The molecule has 19 heavy (non-hydrogen) atoms. The molecule has 0 saturated heterocycles. The molecule has 7 nitrogen and oxygen atoms in total. The van der Waals surface area contributed by atoms with Crippen molar-refractivity contribution in [2.45, 2.75) is 20.0 Å². The summed E-state index contributed by atoms with van der Waals surface area (Å²) in [6.45, 7) is 3.23. The third-order valence-electron chi connectivity index (χ3n) is 1.84. The van der Waals surface area contributed by atoms with Gasteiger partial charge in [0.15, 0.2) is 6.61 Å². The molecule has 0 aromatic heterocycles. The first-order valence-corrected chi connectivity index (χ1v) is 5.64. The number of carbonyl (C=O) groups excluding carboxylic acids is 1. The Hall–Kier alpha value is -2.28. The van der Waals surface area contributed by atoms with Gasteiger partial charge in [-0.05, 0) is 38.1 Å². The van der Waals surface area contributed by atoms with Gasteiger partial charge < -0.3 is 15.2 Å². The largest absolute Gasteiger partial charge is 0.491 e. The molecule has 0 spiro atoms. The van der Waals surface area contributed by atoms with Crippen molar-refractivity contribution < 1.29 is 24.3 Å².